The number of nitriles is 1. The summed E-state index contributed by atoms with van der Waals surface area (Å²) < 4.78 is 13.2. The first-order chi connectivity index (χ1) is 22.2. The molecule has 9 aromatic rings. The third-order valence-corrected chi connectivity index (χ3v) is 11.5. The number of alkyl halides is 1. The Bertz CT molecular complexity index is 2650. The normalized spacial score (nSPS) is 12.0. The molecule has 45 heavy (non-hydrogen) atoms. The van der Waals surface area contributed by atoms with Gasteiger partial charge in [0.05, 0.1) is 0 Å². The van der Waals surface area contributed by atoms with Crippen LogP contribution >= 0.6 is 0 Å². The van der Waals surface area contributed by atoms with Crippen LogP contribution in [-0.2, 0) is 0 Å². The monoisotopic (exact) mass is 693 g/mol. The summed E-state index contributed by atoms with van der Waals surface area (Å²) >= 11 is -0.367. The molecule has 6 aromatic carbocycles. The number of nitrogens with two attached hydrogens (primary N) is 1. The molecule has 0 bridgehead atoms. The summed E-state index contributed by atoms with van der Waals surface area (Å²) in [5, 5.41) is 17.1. The molecule has 5 nitrogen and oxygen atoms in total. The molecule has 0 saturated heterocycles. The van der Waals surface area contributed by atoms with Crippen molar-refractivity contribution in [1.29, 1.82) is 5.26 Å². The predicted octanol–water partition coefficient (Wildman–Crippen LogP) is 6.14. The van der Waals surface area contributed by atoms with Crippen LogP contribution in [0.2, 0.25) is 0 Å². The number of furan rings is 1. The van der Waals surface area contributed by atoms with E-state index in [-0.39, 0.29) is 21.2 Å². The Morgan fingerprint density at radius 3 is 2.09 bits per heavy atom. The number of fused-ring (bicyclic) bond motifs is 10. The molecule has 0 saturated carbocycles. The van der Waals surface area contributed by atoms with Crippen LogP contribution in [0, 0.1) is 21.8 Å². The molecule has 0 radical (unpaired) electrons. The molecule has 3 aromatic heterocycles. The second kappa shape index (κ2) is 9.96. The molecule has 0 aliphatic rings. The van der Waals surface area contributed by atoms with Crippen LogP contribution < -0.4 is 26.9 Å². The molecule has 0 aliphatic carbocycles. The molecule has 0 amide bonds. The molecule has 0 aliphatic heterocycles. The fraction of sp³-hybridized carbons (Fsp3) is 0.0513. The van der Waals surface area contributed by atoms with E-state index in [0.29, 0.717) is 10.1 Å². The average Bonchev–Trinajstić information content (AvgIpc) is 3.73. The van der Waals surface area contributed by atoms with Gasteiger partial charge in [-0.25, -0.2) is 0 Å². The van der Waals surface area contributed by atoms with Crippen LogP contribution in [0.15, 0.2) is 120 Å². The van der Waals surface area contributed by atoms with Gasteiger partial charge in [0.1, 0.15) is 0 Å². The van der Waals surface area contributed by atoms with Crippen LogP contribution in [0.3, 0.4) is 0 Å². The zero-order chi connectivity index (χ0) is 30.2. The Morgan fingerprint density at radius 2 is 1.36 bits per heavy atom. The van der Waals surface area contributed by atoms with Crippen molar-refractivity contribution in [3.05, 3.63) is 130 Å². The molecular weight excluding hydrogens is 667 g/mol. The topological polar surface area (TPSA) is 72.8 Å². The van der Waals surface area contributed by atoms with Crippen molar-refractivity contribution in [2.75, 3.05) is 4.55 Å². The Hall–Kier alpha value is -5.10. The molecule has 3 heterocycles. The van der Waals surface area contributed by atoms with Crippen molar-refractivity contribution in [1.82, 2.24) is 9.13 Å². The molecule has 2 N–H and O–H groups in total. The number of rotatable bonds is 4. The first-order valence-electron chi connectivity index (χ1n) is 14.9. The molecule has 9 rings (SSSR count). The van der Waals surface area contributed by atoms with Crippen molar-refractivity contribution in [3.8, 4) is 17.4 Å². The molecule has 216 valence electrons. The summed E-state index contributed by atoms with van der Waals surface area (Å²) in [5.74, 6) is 0. The Morgan fingerprint density at radius 1 is 0.689 bits per heavy atom. The summed E-state index contributed by atoms with van der Waals surface area (Å²) in [4.78, 5) is 0. The number of para-hydroxylation sites is 3. The van der Waals surface area contributed by atoms with E-state index in [1.165, 1.54) is 14.3 Å². The van der Waals surface area contributed by atoms with Gasteiger partial charge in [-0.15, -0.1) is 0 Å². The number of benzene rings is 6. The van der Waals surface area contributed by atoms with Gasteiger partial charge in [-0.05, 0) is 0 Å². The summed E-state index contributed by atoms with van der Waals surface area (Å²) in [6, 6.07) is 43.0. The van der Waals surface area contributed by atoms with E-state index in [0.717, 1.165) is 71.7 Å². The molecular formula is C39H26IN4O-. The van der Waals surface area contributed by atoms with Crippen molar-refractivity contribution < 1.29 is 25.6 Å². The minimum atomic E-state index is -0.367. The summed E-state index contributed by atoms with van der Waals surface area (Å²) in [6.45, 7) is 2.13. The first-order valence-corrected chi connectivity index (χ1v) is 17.5. The van der Waals surface area contributed by atoms with E-state index in [1.54, 1.807) is 0 Å². The molecule has 0 fully saturated rings. The van der Waals surface area contributed by atoms with E-state index in [4.69, 9.17) is 10.2 Å². The fourth-order valence-electron chi connectivity index (χ4n) is 7.14. The number of halogens is 1. The van der Waals surface area contributed by atoms with E-state index in [2.05, 4.69) is 119 Å². The van der Waals surface area contributed by atoms with Gasteiger partial charge in [-0.1, -0.05) is 12.1 Å². The summed E-state index contributed by atoms with van der Waals surface area (Å²) in [5.41, 5.74) is 15.9. The van der Waals surface area contributed by atoms with Gasteiger partial charge in [0.25, 0.3) is 0 Å². The average molecular weight is 694 g/mol. The van der Waals surface area contributed by atoms with Crippen LogP contribution in [0.1, 0.15) is 11.1 Å². The van der Waals surface area contributed by atoms with E-state index >= 15 is 0 Å². The third-order valence-electron chi connectivity index (χ3n) is 9.02. The van der Waals surface area contributed by atoms with Gasteiger partial charge in [0, 0.05) is 0 Å². The van der Waals surface area contributed by atoms with Gasteiger partial charge >= 0.3 is 258 Å². The quantitative estimate of drug-likeness (QED) is 0.137. The molecule has 0 atom stereocenters. The molecule has 0 spiro atoms. The number of hydrogen-bond acceptors (Lipinski definition) is 3. The second-order valence-electron chi connectivity index (χ2n) is 11.3. The first kappa shape index (κ1) is 26.3. The SMILES string of the molecule is Cc1c([I-]CN)ccc(C#N)c1-n1c2ccc(-n3c4ccccc4c4ccccc43)cc2c2c3oc4ccccc4c3ccc21. The Balaban J connectivity index is 1.46. The van der Waals surface area contributed by atoms with E-state index in [1.807, 2.05) is 18.2 Å². The zero-order valence-electron chi connectivity index (χ0n) is 24.4. The van der Waals surface area contributed by atoms with Crippen molar-refractivity contribution in [2.45, 2.75) is 6.92 Å². The van der Waals surface area contributed by atoms with Crippen molar-refractivity contribution in [2.24, 2.45) is 5.73 Å². The Kier molecular flexibility index (Phi) is 5.82. The summed E-state index contributed by atoms with van der Waals surface area (Å²) in [7, 11) is 0. The zero-order valence-corrected chi connectivity index (χ0v) is 26.5. The number of nitrogens with zero attached hydrogens (tertiary/aromatic N) is 3. The van der Waals surface area contributed by atoms with Crippen LogP contribution in [0.25, 0.3) is 76.9 Å². The minimum absolute atomic E-state index is 0.367. The summed E-state index contributed by atoms with van der Waals surface area (Å²) in [6.07, 6.45) is 0. The van der Waals surface area contributed by atoms with Crippen molar-refractivity contribution >= 4 is 65.6 Å². The van der Waals surface area contributed by atoms with Gasteiger partial charge in [-0.2, -0.15) is 0 Å². The molecule has 6 heteroatoms. The Labute approximate surface area is 268 Å². The van der Waals surface area contributed by atoms with E-state index < -0.39 is 0 Å². The number of hydrogen-bond donors (Lipinski definition) is 1. The fourth-order valence-corrected chi connectivity index (χ4v) is 8.87. The number of aromatic nitrogens is 2. The van der Waals surface area contributed by atoms with Crippen LogP contribution in [0.5, 0.6) is 0 Å². The predicted molar refractivity (Wildman–Crippen MR) is 180 cm³/mol. The van der Waals surface area contributed by atoms with Crippen molar-refractivity contribution in [3.63, 3.8) is 0 Å². The van der Waals surface area contributed by atoms with Crippen LogP contribution in [0.4, 0.5) is 0 Å². The van der Waals surface area contributed by atoms with Gasteiger partial charge in [0.15, 0.2) is 0 Å². The van der Waals surface area contributed by atoms with Gasteiger partial charge in [0.2, 0.25) is 0 Å². The van der Waals surface area contributed by atoms with E-state index in [9.17, 15) is 5.26 Å². The maximum atomic E-state index is 10.3. The van der Waals surface area contributed by atoms with Gasteiger partial charge in [-0.3, -0.25) is 0 Å². The van der Waals surface area contributed by atoms with Gasteiger partial charge < -0.3 is 0 Å². The standard InChI is InChI=1S/C39H26IN4O/c1-23-31(40-22-42)17-14-24(21-41)38(23)44-34-18-15-25(43-32-11-5-2-8-26(32)27-9-3-6-12-33(27)43)20-30(34)37-35(44)19-16-29-28-10-4-7-13-36(28)45-39(29)37/h2-20H,22,42H2,1H3/q-1. The maximum absolute atomic E-state index is 10.3. The molecule has 0 unspecified atom stereocenters. The second-order valence-corrected chi connectivity index (χ2v) is 14.1. The van der Waals surface area contributed by atoms with Crippen LogP contribution in [-0.4, -0.2) is 13.7 Å². The third kappa shape index (κ3) is 3.68.